The molecule has 26 heavy (non-hydrogen) atoms. The summed E-state index contributed by atoms with van der Waals surface area (Å²) < 4.78 is 10.6. The van der Waals surface area contributed by atoms with E-state index in [0.29, 0.717) is 24.6 Å². The molecule has 0 aliphatic carbocycles. The minimum atomic E-state index is 0.0483. The number of fused-ring (bicyclic) bond motifs is 1. The highest BCUT2D eigenvalue weighted by atomic mass is 32.2. The monoisotopic (exact) mass is 372 g/mol. The number of hydrogen-bond donors (Lipinski definition) is 1. The fourth-order valence-corrected chi connectivity index (χ4v) is 4.05. The fourth-order valence-electron chi connectivity index (χ4n) is 3.00. The number of hydrogen-bond acceptors (Lipinski definition) is 5. The van der Waals surface area contributed by atoms with E-state index >= 15 is 0 Å². The second-order valence-electron chi connectivity index (χ2n) is 6.03. The van der Waals surface area contributed by atoms with E-state index in [4.69, 9.17) is 9.47 Å². The molecule has 0 aromatic heterocycles. The first-order valence-corrected chi connectivity index (χ1v) is 9.64. The van der Waals surface area contributed by atoms with Crippen molar-refractivity contribution in [3.8, 4) is 11.5 Å². The van der Waals surface area contributed by atoms with Gasteiger partial charge in [0.15, 0.2) is 11.5 Å². The molecule has 3 rings (SSSR count). The van der Waals surface area contributed by atoms with Crippen molar-refractivity contribution in [2.24, 2.45) is 0 Å². The van der Waals surface area contributed by atoms with Crippen molar-refractivity contribution in [3.63, 3.8) is 0 Å². The number of ether oxygens (including phenoxy) is 2. The normalized spacial score (nSPS) is 13.1. The predicted molar refractivity (Wildman–Crippen MR) is 106 cm³/mol. The number of nitrogens with zero attached hydrogens (tertiary/aromatic N) is 1. The molecule has 0 saturated carbocycles. The number of benzene rings is 2. The maximum Gasteiger partial charge on any atom is 0.239 e. The lowest BCUT2D eigenvalue weighted by Crippen LogP contribution is -2.40. The molecule has 0 spiro atoms. The summed E-state index contributed by atoms with van der Waals surface area (Å²) in [5, 5.41) is 3.02. The molecule has 138 valence electrons. The number of amides is 1. The van der Waals surface area contributed by atoms with E-state index in [1.165, 1.54) is 4.90 Å². The third-order valence-electron chi connectivity index (χ3n) is 4.34. The first-order valence-electron chi connectivity index (χ1n) is 8.65. The van der Waals surface area contributed by atoms with Gasteiger partial charge in [-0.15, -0.1) is 11.8 Å². The molecular weight excluding hydrogens is 348 g/mol. The van der Waals surface area contributed by atoms with Crippen LogP contribution in [0.2, 0.25) is 0 Å². The lowest BCUT2D eigenvalue weighted by atomic mass is 10.1. The van der Waals surface area contributed by atoms with Crippen LogP contribution < -0.4 is 19.7 Å². The number of anilines is 1. The van der Waals surface area contributed by atoms with Crippen molar-refractivity contribution in [3.05, 3.63) is 48.0 Å². The summed E-state index contributed by atoms with van der Waals surface area (Å²) in [7, 11) is 3.24. The maximum atomic E-state index is 12.3. The van der Waals surface area contributed by atoms with Gasteiger partial charge in [0.2, 0.25) is 5.91 Å². The zero-order valence-electron chi connectivity index (χ0n) is 15.2. The van der Waals surface area contributed by atoms with E-state index in [0.717, 1.165) is 30.0 Å². The van der Waals surface area contributed by atoms with Crippen LogP contribution in [0.3, 0.4) is 0 Å². The third kappa shape index (κ3) is 4.43. The molecule has 1 N–H and O–H groups in total. The largest absolute Gasteiger partial charge is 0.493 e. The number of carbonyl (C=O) groups excluding carboxylic acids is 1. The van der Waals surface area contributed by atoms with Crippen LogP contribution in [-0.2, 0) is 11.2 Å². The van der Waals surface area contributed by atoms with Crippen LogP contribution in [0, 0.1) is 0 Å². The van der Waals surface area contributed by atoms with Crippen LogP contribution in [0.4, 0.5) is 5.69 Å². The van der Waals surface area contributed by atoms with Crippen molar-refractivity contribution in [1.82, 2.24) is 5.32 Å². The topological polar surface area (TPSA) is 50.8 Å². The maximum absolute atomic E-state index is 12.3. The lowest BCUT2D eigenvalue weighted by Gasteiger charge is -2.30. The summed E-state index contributed by atoms with van der Waals surface area (Å²) in [6.07, 6.45) is 0.749. The number of carbonyl (C=O) groups is 1. The van der Waals surface area contributed by atoms with Crippen LogP contribution >= 0.6 is 11.8 Å². The quantitative estimate of drug-likeness (QED) is 0.810. The van der Waals surface area contributed by atoms with Gasteiger partial charge in [0.25, 0.3) is 0 Å². The van der Waals surface area contributed by atoms with Gasteiger partial charge in [-0.2, -0.15) is 0 Å². The van der Waals surface area contributed by atoms with Crippen LogP contribution in [-0.4, -0.2) is 45.5 Å². The first kappa shape index (κ1) is 18.5. The van der Waals surface area contributed by atoms with E-state index in [-0.39, 0.29) is 5.91 Å². The number of thioether (sulfide) groups is 1. The fraction of sp³-hybridized carbons (Fsp3) is 0.350. The summed E-state index contributed by atoms with van der Waals surface area (Å²) in [6, 6.07) is 14.1. The van der Waals surface area contributed by atoms with E-state index in [1.807, 2.05) is 42.1 Å². The van der Waals surface area contributed by atoms with Gasteiger partial charge in [0.05, 0.1) is 26.5 Å². The SMILES string of the molecule is COc1ccc(CCNC(=O)CN2CCSc3ccccc32)cc1OC. The molecule has 6 heteroatoms. The summed E-state index contributed by atoms with van der Waals surface area (Å²) >= 11 is 1.85. The van der Waals surface area contributed by atoms with Gasteiger partial charge in [-0.25, -0.2) is 0 Å². The summed E-state index contributed by atoms with van der Waals surface area (Å²) in [5.41, 5.74) is 2.25. The van der Waals surface area contributed by atoms with Gasteiger partial charge in [-0.3, -0.25) is 4.79 Å². The molecule has 1 amide bonds. The van der Waals surface area contributed by atoms with E-state index in [2.05, 4.69) is 22.3 Å². The van der Waals surface area contributed by atoms with E-state index in [9.17, 15) is 4.79 Å². The summed E-state index contributed by atoms with van der Waals surface area (Å²) in [4.78, 5) is 15.7. The molecule has 1 aliphatic rings. The highest BCUT2D eigenvalue weighted by Gasteiger charge is 2.18. The minimum Gasteiger partial charge on any atom is -0.493 e. The average molecular weight is 372 g/mol. The number of nitrogens with one attached hydrogen (secondary N) is 1. The Morgan fingerprint density at radius 1 is 1.15 bits per heavy atom. The van der Waals surface area contributed by atoms with Crippen LogP contribution in [0.25, 0.3) is 0 Å². The Morgan fingerprint density at radius 2 is 1.96 bits per heavy atom. The van der Waals surface area contributed by atoms with Gasteiger partial charge < -0.3 is 19.7 Å². The Morgan fingerprint density at radius 3 is 2.77 bits per heavy atom. The molecule has 0 saturated heterocycles. The molecule has 5 nitrogen and oxygen atoms in total. The van der Waals surface area contributed by atoms with E-state index in [1.54, 1.807) is 14.2 Å². The Labute approximate surface area is 158 Å². The van der Waals surface area contributed by atoms with Crippen LogP contribution in [0.15, 0.2) is 47.4 Å². The molecule has 0 radical (unpaired) electrons. The van der Waals surface area contributed by atoms with Gasteiger partial charge in [0.1, 0.15) is 0 Å². The van der Waals surface area contributed by atoms with Crippen molar-refractivity contribution in [1.29, 1.82) is 0 Å². The van der Waals surface area contributed by atoms with Crippen molar-refractivity contribution in [2.75, 3.05) is 44.5 Å². The van der Waals surface area contributed by atoms with Crippen LogP contribution in [0.1, 0.15) is 5.56 Å². The molecule has 2 aromatic rings. The Hall–Kier alpha value is -2.34. The highest BCUT2D eigenvalue weighted by molar-refractivity contribution is 7.99. The summed E-state index contributed by atoms with van der Waals surface area (Å²) in [6.45, 7) is 1.88. The Balaban J connectivity index is 1.51. The minimum absolute atomic E-state index is 0.0483. The smallest absolute Gasteiger partial charge is 0.239 e. The molecule has 1 aliphatic heterocycles. The molecule has 0 unspecified atom stereocenters. The van der Waals surface area contributed by atoms with Gasteiger partial charge in [-0.05, 0) is 36.2 Å². The number of methoxy groups -OCH3 is 2. The Kier molecular flexibility index (Phi) is 6.28. The molecule has 0 atom stereocenters. The lowest BCUT2D eigenvalue weighted by molar-refractivity contribution is -0.119. The highest BCUT2D eigenvalue weighted by Crippen LogP contribution is 2.34. The summed E-state index contributed by atoms with van der Waals surface area (Å²) in [5.74, 6) is 2.48. The van der Waals surface area contributed by atoms with Crippen molar-refractivity contribution in [2.45, 2.75) is 11.3 Å². The van der Waals surface area contributed by atoms with Crippen molar-refractivity contribution >= 4 is 23.4 Å². The molecule has 0 bridgehead atoms. The average Bonchev–Trinajstić information content (AvgIpc) is 2.68. The number of para-hydroxylation sites is 1. The van der Waals surface area contributed by atoms with Gasteiger partial charge >= 0.3 is 0 Å². The van der Waals surface area contributed by atoms with Crippen LogP contribution in [0.5, 0.6) is 11.5 Å². The second kappa shape index (κ2) is 8.85. The van der Waals surface area contributed by atoms with Gasteiger partial charge in [-0.1, -0.05) is 18.2 Å². The molecule has 2 aromatic carbocycles. The van der Waals surface area contributed by atoms with E-state index < -0.39 is 0 Å². The van der Waals surface area contributed by atoms with Gasteiger partial charge in [0, 0.05) is 23.7 Å². The molecule has 1 heterocycles. The standard InChI is InChI=1S/C20H24N2O3S/c1-24-17-8-7-15(13-18(17)25-2)9-10-21-20(23)14-22-11-12-26-19-6-4-3-5-16(19)22/h3-8,13H,9-12,14H2,1-2H3,(H,21,23). The van der Waals surface area contributed by atoms with Crippen molar-refractivity contribution < 1.29 is 14.3 Å². The number of rotatable bonds is 7. The second-order valence-corrected chi connectivity index (χ2v) is 7.16. The zero-order chi connectivity index (χ0) is 18.4. The predicted octanol–water partition coefficient (Wildman–Crippen LogP) is 2.97. The zero-order valence-corrected chi connectivity index (χ0v) is 16.0. The first-order chi connectivity index (χ1) is 12.7. The third-order valence-corrected chi connectivity index (χ3v) is 5.39. The molecular formula is C20H24N2O3S. The molecule has 0 fully saturated rings. The Bertz CT molecular complexity index is 766.